The Morgan fingerprint density at radius 2 is 2.20 bits per heavy atom. The van der Waals surface area contributed by atoms with Gasteiger partial charge in [-0.2, -0.15) is 5.10 Å². The standard InChI is InChI=1S/C14H16BrN3OS/c1-14(2,3)18-9-10(8-16-18)17-13(19)7-5-11-4-6-12(15)20-11/h4-9H,1-3H3,(H,17,19). The Labute approximate surface area is 130 Å². The molecule has 4 nitrogen and oxygen atoms in total. The molecule has 1 N–H and O–H groups in total. The van der Waals surface area contributed by atoms with Crippen molar-refractivity contribution in [3.05, 3.63) is 39.3 Å². The molecule has 0 unspecified atom stereocenters. The summed E-state index contributed by atoms with van der Waals surface area (Å²) in [6.45, 7) is 6.17. The predicted molar refractivity (Wildman–Crippen MR) is 86.9 cm³/mol. The second-order valence-corrected chi connectivity index (χ2v) is 7.80. The average Bonchev–Trinajstić information content (AvgIpc) is 2.95. The summed E-state index contributed by atoms with van der Waals surface area (Å²) in [5.74, 6) is -0.164. The van der Waals surface area contributed by atoms with Crippen molar-refractivity contribution in [2.45, 2.75) is 26.3 Å². The normalized spacial score (nSPS) is 12.0. The first-order valence-electron chi connectivity index (χ1n) is 6.14. The number of amides is 1. The highest BCUT2D eigenvalue weighted by Crippen LogP contribution is 2.23. The van der Waals surface area contributed by atoms with Crippen molar-refractivity contribution < 1.29 is 4.79 Å². The monoisotopic (exact) mass is 353 g/mol. The molecule has 0 aliphatic heterocycles. The Morgan fingerprint density at radius 3 is 2.75 bits per heavy atom. The summed E-state index contributed by atoms with van der Waals surface area (Å²) in [7, 11) is 0. The van der Waals surface area contributed by atoms with Crippen molar-refractivity contribution in [2.75, 3.05) is 5.32 Å². The van der Waals surface area contributed by atoms with Crippen LogP contribution >= 0.6 is 27.3 Å². The van der Waals surface area contributed by atoms with Gasteiger partial charge < -0.3 is 5.32 Å². The van der Waals surface area contributed by atoms with Gasteiger partial charge in [-0.3, -0.25) is 9.48 Å². The zero-order valence-corrected chi connectivity index (χ0v) is 14.0. The van der Waals surface area contributed by atoms with Crippen LogP contribution in [0.25, 0.3) is 6.08 Å². The summed E-state index contributed by atoms with van der Waals surface area (Å²) in [6, 6.07) is 3.91. The van der Waals surface area contributed by atoms with Gasteiger partial charge in [0.2, 0.25) is 5.91 Å². The number of hydrogen-bond donors (Lipinski definition) is 1. The molecular formula is C14H16BrN3OS. The number of anilines is 1. The molecule has 0 radical (unpaired) electrons. The Hall–Kier alpha value is -1.40. The molecule has 0 fully saturated rings. The van der Waals surface area contributed by atoms with Crippen molar-refractivity contribution in [1.82, 2.24) is 9.78 Å². The van der Waals surface area contributed by atoms with E-state index < -0.39 is 0 Å². The fraction of sp³-hybridized carbons (Fsp3) is 0.286. The predicted octanol–water partition coefficient (Wildman–Crippen LogP) is 4.11. The van der Waals surface area contributed by atoms with Crippen LogP contribution in [0.15, 0.2) is 34.4 Å². The smallest absolute Gasteiger partial charge is 0.248 e. The van der Waals surface area contributed by atoms with Gasteiger partial charge in [0.1, 0.15) is 0 Å². The number of nitrogens with zero attached hydrogens (tertiary/aromatic N) is 2. The lowest BCUT2D eigenvalue weighted by Crippen LogP contribution is -2.22. The van der Waals surface area contributed by atoms with E-state index in [1.165, 1.54) is 6.08 Å². The number of halogens is 1. The number of rotatable bonds is 3. The Morgan fingerprint density at radius 1 is 1.45 bits per heavy atom. The third kappa shape index (κ3) is 4.05. The molecule has 20 heavy (non-hydrogen) atoms. The molecule has 0 bridgehead atoms. The molecule has 2 heterocycles. The summed E-state index contributed by atoms with van der Waals surface area (Å²) in [5, 5.41) is 7.03. The first kappa shape index (κ1) is 15.0. The molecule has 106 valence electrons. The Bertz CT molecular complexity index is 637. The quantitative estimate of drug-likeness (QED) is 0.843. The van der Waals surface area contributed by atoms with E-state index in [0.29, 0.717) is 5.69 Å². The van der Waals surface area contributed by atoms with Crippen LogP contribution in [-0.2, 0) is 10.3 Å². The molecule has 0 aromatic carbocycles. The van der Waals surface area contributed by atoms with Crippen molar-refractivity contribution in [3.8, 4) is 0 Å². The highest BCUT2D eigenvalue weighted by atomic mass is 79.9. The summed E-state index contributed by atoms with van der Waals surface area (Å²) >= 11 is 4.96. The fourth-order valence-electron chi connectivity index (χ4n) is 1.51. The van der Waals surface area contributed by atoms with Gasteiger partial charge in [-0.1, -0.05) is 0 Å². The van der Waals surface area contributed by atoms with Gasteiger partial charge in [0, 0.05) is 17.2 Å². The van der Waals surface area contributed by atoms with Gasteiger partial charge in [-0.25, -0.2) is 0 Å². The van der Waals surface area contributed by atoms with E-state index in [-0.39, 0.29) is 11.4 Å². The molecule has 6 heteroatoms. The lowest BCUT2D eigenvalue weighted by molar-refractivity contribution is -0.111. The number of thiophene rings is 1. The zero-order valence-electron chi connectivity index (χ0n) is 11.6. The topological polar surface area (TPSA) is 46.9 Å². The number of carbonyl (C=O) groups excluding carboxylic acids is 1. The Balaban J connectivity index is 1.98. The van der Waals surface area contributed by atoms with Crippen LogP contribution in [0.3, 0.4) is 0 Å². The number of carbonyl (C=O) groups is 1. The SMILES string of the molecule is CC(C)(C)n1cc(NC(=O)C=Cc2ccc(Br)s2)cn1. The number of aromatic nitrogens is 2. The number of nitrogens with one attached hydrogen (secondary N) is 1. The minimum absolute atomic E-state index is 0.0952. The first-order chi connectivity index (χ1) is 9.34. The maximum absolute atomic E-state index is 11.8. The first-order valence-corrected chi connectivity index (χ1v) is 7.75. The summed E-state index contributed by atoms with van der Waals surface area (Å²) in [5.41, 5.74) is 0.601. The second-order valence-electron chi connectivity index (χ2n) is 5.31. The molecule has 2 aromatic rings. The van der Waals surface area contributed by atoms with Crippen LogP contribution < -0.4 is 5.32 Å². The van der Waals surface area contributed by atoms with E-state index >= 15 is 0 Å². The van der Waals surface area contributed by atoms with E-state index in [1.54, 1.807) is 23.6 Å². The van der Waals surface area contributed by atoms with E-state index in [2.05, 4.69) is 47.1 Å². The maximum atomic E-state index is 11.8. The molecule has 0 saturated carbocycles. The van der Waals surface area contributed by atoms with Crippen LogP contribution in [0.1, 0.15) is 25.6 Å². The van der Waals surface area contributed by atoms with Gasteiger partial charge in [0.05, 0.1) is 21.2 Å². The third-order valence-electron chi connectivity index (χ3n) is 2.53. The van der Waals surface area contributed by atoms with Crippen LogP contribution in [0, 0.1) is 0 Å². The van der Waals surface area contributed by atoms with Crippen molar-refractivity contribution in [3.63, 3.8) is 0 Å². The van der Waals surface area contributed by atoms with Gasteiger partial charge in [0.25, 0.3) is 0 Å². The van der Waals surface area contributed by atoms with Crippen molar-refractivity contribution >= 4 is 44.9 Å². The Kier molecular flexibility index (Phi) is 4.45. The average molecular weight is 354 g/mol. The maximum Gasteiger partial charge on any atom is 0.248 e. The van der Waals surface area contributed by atoms with E-state index in [1.807, 2.05) is 23.0 Å². The van der Waals surface area contributed by atoms with E-state index in [0.717, 1.165) is 8.66 Å². The molecule has 0 atom stereocenters. The number of hydrogen-bond acceptors (Lipinski definition) is 3. The van der Waals surface area contributed by atoms with Crippen LogP contribution in [0.2, 0.25) is 0 Å². The lowest BCUT2D eigenvalue weighted by atomic mass is 10.1. The van der Waals surface area contributed by atoms with Crippen LogP contribution in [-0.4, -0.2) is 15.7 Å². The van der Waals surface area contributed by atoms with E-state index in [9.17, 15) is 4.79 Å². The minimum atomic E-state index is -0.164. The molecule has 0 spiro atoms. The molecule has 1 amide bonds. The molecule has 0 saturated heterocycles. The largest absolute Gasteiger partial charge is 0.320 e. The van der Waals surface area contributed by atoms with E-state index in [4.69, 9.17) is 0 Å². The molecular weight excluding hydrogens is 338 g/mol. The molecule has 0 aliphatic carbocycles. The molecule has 2 aromatic heterocycles. The van der Waals surface area contributed by atoms with Gasteiger partial charge in [-0.15, -0.1) is 11.3 Å². The van der Waals surface area contributed by atoms with Crippen LogP contribution in [0.5, 0.6) is 0 Å². The second kappa shape index (κ2) is 5.93. The fourth-order valence-corrected chi connectivity index (χ4v) is 2.84. The highest BCUT2D eigenvalue weighted by molar-refractivity contribution is 9.11. The molecule has 0 aliphatic rings. The molecule has 2 rings (SSSR count). The highest BCUT2D eigenvalue weighted by Gasteiger charge is 2.14. The zero-order chi connectivity index (χ0) is 14.8. The minimum Gasteiger partial charge on any atom is -0.320 e. The van der Waals surface area contributed by atoms with Crippen LogP contribution in [0.4, 0.5) is 5.69 Å². The summed E-state index contributed by atoms with van der Waals surface area (Å²) in [6.07, 6.45) is 6.79. The summed E-state index contributed by atoms with van der Waals surface area (Å²) in [4.78, 5) is 12.8. The van der Waals surface area contributed by atoms with Crippen molar-refractivity contribution in [2.24, 2.45) is 0 Å². The van der Waals surface area contributed by atoms with Gasteiger partial charge in [-0.05, 0) is 54.9 Å². The van der Waals surface area contributed by atoms with Crippen molar-refractivity contribution in [1.29, 1.82) is 0 Å². The summed E-state index contributed by atoms with van der Waals surface area (Å²) < 4.78 is 2.87. The van der Waals surface area contributed by atoms with Gasteiger partial charge >= 0.3 is 0 Å². The third-order valence-corrected chi connectivity index (χ3v) is 4.12. The van der Waals surface area contributed by atoms with Gasteiger partial charge in [0.15, 0.2) is 0 Å². The lowest BCUT2D eigenvalue weighted by Gasteiger charge is -2.18.